The van der Waals surface area contributed by atoms with Crippen LogP contribution in [0.15, 0.2) is 30.5 Å². The Labute approximate surface area is 109 Å². The van der Waals surface area contributed by atoms with Crippen LogP contribution in [0.4, 0.5) is 0 Å². The summed E-state index contributed by atoms with van der Waals surface area (Å²) in [6.45, 7) is 1.18. The van der Waals surface area contributed by atoms with E-state index in [1.165, 1.54) is 13.1 Å². The molecule has 19 heavy (non-hydrogen) atoms. The molecule has 0 fully saturated rings. The van der Waals surface area contributed by atoms with E-state index in [-0.39, 0.29) is 0 Å². The van der Waals surface area contributed by atoms with Crippen LogP contribution in [0.5, 0.6) is 0 Å². The van der Waals surface area contributed by atoms with E-state index in [0.717, 1.165) is 5.52 Å². The third-order valence-electron chi connectivity index (χ3n) is 2.72. The van der Waals surface area contributed by atoms with Crippen LogP contribution in [0, 0.1) is 0 Å². The molecule has 0 unspecified atom stereocenters. The Hall–Kier alpha value is -2.47. The van der Waals surface area contributed by atoms with Gasteiger partial charge in [0.25, 0.3) is 5.91 Å². The standard InChI is InChI=1S/C13H13N3O3/c1-7(17)16-13(19)11(14)12(18)9-6-15-10-5-3-2-4-8(9)10/h2-6,11,15H,14H2,1H3,(H,16,17,19)/t11-/m0/s1. The maximum absolute atomic E-state index is 12.1. The summed E-state index contributed by atoms with van der Waals surface area (Å²) in [4.78, 5) is 37.4. The number of Topliss-reactive ketones (excluding diaryl/α,β-unsaturated/α-hetero) is 1. The molecule has 6 nitrogen and oxygen atoms in total. The van der Waals surface area contributed by atoms with Gasteiger partial charge in [0.05, 0.1) is 0 Å². The number of carbonyl (C=O) groups is 3. The molecule has 0 aliphatic carbocycles. The fourth-order valence-electron chi connectivity index (χ4n) is 1.81. The fraction of sp³-hybridized carbons (Fsp3) is 0.154. The average Bonchev–Trinajstić information content (AvgIpc) is 2.80. The monoisotopic (exact) mass is 259 g/mol. The topological polar surface area (TPSA) is 105 Å². The largest absolute Gasteiger partial charge is 0.360 e. The maximum atomic E-state index is 12.1. The smallest absolute Gasteiger partial charge is 0.251 e. The number of hydrogen-bond acceptors (Lipinski definition) is 4. The van der Waals surface area contributed by atoms with Gasteiger partial charge in [-0.25, -0.2) is 0 Å². The number of aromatic nitrogens is 1. The number of hydrogen-bond donors (Lipinski definition) is 3. The second-order valence-electron chi connectivity index (χ2n) is 4.14. The van der Waals surface area contributed by atoms with Crippen molar-refractivity contribution >= 4 is 28.5 Å². The van der Waals surface area contributed by atoms with Crippen molar-refractivity contribution in [2.45, 2.75) is 13.0 Å². The number of rotatable bonds is 3. The summed E-state index contributed by atoms with van der Waals surface area (Å²) >= 11 is 0. The first kappa shape index (κ1) is 13.0. The predicted octanol–water partition coefficient (Wildman–Crippen LogP) is 0.341. The average molecular weight is 259 g/mol. The number of imide groups is 1. The lowest BCUT2D eigenvalue weighted by Crippen LogP contribution is -2.47. The van der Waals surface area contributed by atoms with E-state index in [1.807, 2.05) is 17.4 Å². The normalized spacial score (nSPS) is 12.1. The highest BCUT2D eigenvalue weighted by Crippen LogP contribution is 2.18. The molecule has 1 atom stereocenters. The second-order valence-corrected chi connectivity index (χ2v) is 4.14. The van der Waals surface area contributed by atoms with Crippen LogP contribution in [-0.4, -0.2) is 28.6 Å². The molecule has 0 bridgehead atoms. The van der Waals surface area contributed by atoms with Gasteiger partial charge in [-0.1, -0.05) is 18.2 Å². The number of para-hydroxylation sites is 1. The second kappa shape index (κ2) is 5.03. The first-order valence-electron chi connectivity index (χ1n) is 5.68. The van der Waals surface area contributed by atoms with Crippen LogP contribution in [0.25, 0.3) is 10.9 Å². The molecule has 0 spiro atoms. The van der Waals surface area contributed by atoms with E-state index in [9.17, 15) is 14.4 Å². The van der Waals surface area contributed by atoms with Crippen LogP contribution in [0.3, 0.4) is 0 Å². The Morgan fingerprint density at radius 2 is 1.95 bits per heavy atom. The van der Waals surface area contributed by atoms with Crippen LogP contribution in [-0.2, 0) is 9.59 Å². The van der Waals surface area contributed by atoms with Crippen molar-refractivity contribution in [3.05, 3.63) is 36.0 Å². The molecule has 2 amide bonds. The fourth-order valence-corrected chi connectivity index (χ4v) is 1.81. The van der Waals surface area contributed by atoms with Crippen LogP contribution >= 0.6 is 0 Å². The molecule has 1 heterocycles. The molecular formula is C13H13N3O3. The Morgan fingerprint density at radius 3 is 2.63 bits per heavy atom. The van der Waals surface area contributed by atoms with E-state index >= 15 is 0 Å². The first-order valence-corrected chi connectivity index (χ1v) is 5.68. The Morgan fingerprint density at radius 1 is 1.26 bits per heavy atom. The number of aromatic amines is 1. The lowest BCUT2D eigenvalue weighted by Gasteiger charge is -2.08. The molecule has 6 heteroatoms. The molecule has 0 saturated heterocycles. The van der Waals surface area contributed by atoms with Gasteiger partial charge in [-0.2, -0.15) is 0 Å². The molecule has 0 aliphatic rings. The molecule has 98 valence electrons. The minimum absolute atomic E-state index is 0.335. The molecule has 1 aromatic heterocycles. The van der Waals surface area contributed by atoms with E-state index < -0.39 is 23.6 Å². The van der Waals surface area contributed by atoms with Gasteiger partial charge >= 0.3 is 0 Å². The van der Waals surface area contributed by atoms with Gasteiger partial charge in [-0.05, 0) is 6.07 Å². The third kappa shape index (κ3) is 2.53. The number of nitrogens with two attached hydrogens (primary N) is 1. The number of carbonyl (C=O) groups excluding carboxylic acids is 3. The van der Waals surface area contributed by atoms with Gasteiger partial charge in [-0.3, -0.25) is 19.7 Å². The predicted molar refractivity (Wildman–Crippen MR) is 69.4 cm³/mol. The van der Waals surface area contributed by atoms with E-state index in [2.05, 4.69) is 4.98 Å². The lowest BCUT2D eigenvalue weighted by atomic mass is 10.0. The maximum Gasteiger partial charge on any atom is 0.251 e. The molecule has 2 aromatic rings. The zero-order valence-electron chi connectivity index (χ0n) is 10.3. The van der Waals surface area contributed by atoms with Gasteiger partial charge in [-0.15, -0.1) is 0 Å². The van der Waals surface area contributed by atoms with Gasteiger partial charge < -0.3 is 10.7 Å². The van der Waals surface area contributed by atoms with Crippen LogP contribution in [0.1, 0.15) is 17.3 Å². The third-order valence-corrected chi connectivity index (χ3v) is 2.72. The first-order chi connectivity index (χ1) is 9.00. The van der Waals surface area contributed by atoms with Crippen molar-refractivity contribution in [3.63, 3.8) is 0 Å². The Kier molecular flexibility index (Phi) is 3.43. The van der Waals surface area contributed by atoms with Gasteiger partial charge in [0.2, 0.25) is 5.91 Å². The number of benzene rings is 1. The summed E-state index contributed by atoms with van der Waals surface area (Å²) in [7, 11) is 0. The van der Waals surface area contributed by atoms with Crippen molar-refractivity contribution in [2.75, 3.05) is 0 Å². The Balaban J connectivity index is 2.29. The minimum Gasteiger partial charge on any atom is -0.360 e. The highest BCUT2D eigenvalue weighted by atomic mass is 16.2. The van der Waals surface area contributed by atoms with Crippen molar-refractivity contribution in [2.24, 2.45) is 5.73 Å². The quantitative estimate of drug-likeness (QED) is 0.546. The zero-order valence-corrected chi connectivity index (χ0v) is 10.3. The summed E-state index contributed by atoms with van der Waals surface area (Å²) in [5, 5.41) is 2.69. The summed E-state index contributed by atoms with van der Waals surface area (Å²) in [5.41, 5.74) is 6.68. The highest BCUT2D eigenvalue weighted by Gasteiger charge is 2.25. The lowest BCUT2D eigenvalue weighted by molar-refractivity contribution is -0.129. The number of ketones is 1. The van der Waals surface area contributed by atoms with Gasteiger partial charge in [0, 0.05) is 29.6 Å². The minimum atomic E-state index is -1.40. The summed E-state index contributed by atoms with van der Waals surface area (Å²) < 4.78 is 0. The van der Waals surface area contributed by atoms with E-state index in [4.69, 9.17) is 5.73 Å². The highest BCUT2D eigenvalue weighted by molar-refractivity contribution is 6.20. The molecule has 0 radical (unpaired) electrons. The molecule has 1 aromatic carbocycles. The van der Waals surface area contributed by atoms with Crippen LogP contribution < -0.4 is 11.1 Å². The summed E-state index contributed by atoms with van der Waals surface area (Å²) in [6.07, 6.45) is 1.51. The molecule has 0 aliphatic heterocycles. The molecule has 0 saturated carbocycles. The van der Waals surface area contributed by atoms with Crippen molar-refractivity contribution in [1.82, 2.24) is 10.3 Å². The summed E-state index contributed by atoms with van der Waals surface area (Å²) in [5.74, 6) is -1.88. The van der Waals surface area contributed by atoms with E-state index in [0.29, 0.717) is 10.9 Å². The number of amides is 2. The van der Waals surface area contributed by atoms with Gasteiger partial charge in [0.1, 0.15) is 6.04 Å². The van der Waals surface area contributed by atoms with E-state index in [1.54, 1.807) is 12.1 Å². The van der Waals surface area contributed by atoms with Crippen molar-refractivity contribution in [1.29, 1.82) is 0 Å². The molecule has 2 rings (SSSR count). The molecular weight excluding hydrogens is 246 g/mol. The number of nitrogens with one attached hydrogen (secondary N) is 2. The van der Waals surface area contributed by atoms with Crippen LogP contribution in [0.2, 0.25) is 0 Å². The number of H-pyrrole nitrogens is 1. The molecule has 4 N–H and O–H groups in total. The Bertz CT molecular complexity index is 660. The number of fused-ring (bicyclic) bond motifs is 1. The van der Waals surface area contributed by atoms with Crippen molar-refractivity contribution < 1.29 is 14.4 Å². The summed E-state index contributed by atoms with van der Waals surface area (Å²) in [6, 6.07) is 5.79. The zero-order chi connectivity index (χ0) is 14.0. The van der Waals surface area contributed by atoms with Crippen molar-refractivity contribution in [3.8, 4) is 0 Å². The SMILES string of the molecule is CC(=O)NC(=O)[C@@H](N)C(=O)c1c[nH]c2ccccc12. The van der Waals surface area contributed by atoms with Gasteiger partial charge in [0.15, 0.2) is 5.78 Å².